The molecule has 0 radical (unpaired) electrons. The van der Waals surface area contributed by atoms with Crippen molar-refractivity contribution in [3.8, 4) is 0 Å². The lowest BCUT2D eigenvalue weighted by molar-refractivity contribution is -0.148. The molecule has 2 unspecified atom stereocenters. The minimum Gasteiger partial charge on any atom is -0.457 e. The highest BCUT2D eigenvalue weighted by Crippen LogP contribution is 2.29. The van der Waals surface area contributed by atoms with Gasteiger partial charge in [0, 0.05) is 20.6 Å². The minimum absolute atomic E-state index is 0.0247. The van der Waals surface area contributed by atoms with E-state index < -0.39 is 10.0 Å². The second-order valence-electron chi connectivity index (χ2n) is 8.09. The van der Waals surface area contributed by atoms with Crippen LogP contribution >= 0.6 is 0 Å². The Morgan fingerprint density at radius 2 is 1.81 bits per heavy atom. The number of aryl methyl sites for hydroxylation is 1. The van der Waals surface area contributed by atoms with Crippen LogP contribution in [0.1, 0.15) is 44.5 Å². The van der Waals surface area contributed by atoms with Gasteiger partial charge in [0.05, 0.1) is 21.8 Å². The van der Waals surface area contributed by atoms with Crippen molar-refractivity contribution in [2.75, 3.05) is 14.1 Å². The van der Waals surface area contributed by atoms with Gasteiger partial charge in [0.1, 0.15) is 12.4 Å². The molecule has 3 aromatic rings. The molecule has 0 aliphatic carbocycles. The largest absolute Gasteiger partial charge is 0.457 e. The Morgan fingerprint density at radius 3 is 2.41 bits per heavy atom. The summed E-state index contributed by atoms with van der Waals surface area (Å²) in [6.07, 6.45) is 0.852. The summed E-state index contributed by atoms with van der Waals surface area (Å²) in [7, 11) is -0.569. The highest BCUT2D eigenvalue weighted by atomic mass is 32.2. The summed E-state index contributed by atoms with van der Waals surface area (Å²) in [6.45, 7) is 6.73. The first kappa shape index (κ1) is 23.9. The zero-order chi connectivity index (χ0) is 23.5. The molecular weight excluding hydrogens is 426 g/mol. The number of hydrogen-bond donors (Lipinski definition) is 0. The van der Waals surface area contributed by atoms with E-state index in [1.165, 1.54) is 18.4 Å². The van der Waals surface area contributed by atoms with Gasteiger partial charge in [-0.1, -0.05) is 50.6 Å². The van der Waals surface area contributed by atoms with Crippen molar-refractivity contribution >= 4 is 27.0 Å². The number of carbonyl (C=O) groups is 1. The summed E-state index contributed by atoms with van der Waals surface area (Å²) in [5, 5.41) is 0. The number of ether oxygens (including phenoxy) is 1. The van der Waals surface area contributed by atoms with Crippen LogP contribution < -0.4 is 0 Å². The van der Waals surface area contributed by atoms with E-state index in [0.29, 0.717) is 17.9 Å². The zero-order valence-electron chi connectivity index (χ0n) is 19.3. The van der Waals surface area contributed by atoms with Gasteiger partial charge in [0.25, 0.3) is 0 Å². The zero-order valence-corrected chi connectivity index (χ0v) is 20.1. The maximum absolute atomic E-state index is 13.0. The Labute approximate surface area is 190 Å². The van der Waals surface area contributed by atoms with Crippen LogP contribution in [0.4, 0.5) is 0 Å². The molecule has 0 saturated carbocycles. The van der Waals surface area contributed by atoms with Gasteiger partial charge in [-0.05, 0) is 36.6 Å². The number of carbonyl (C=O) groups excluding carboxylic acids is 1. The predicted octanol–water partition coefficient (Wildman–Crippen LogP) is 4.18. The van der Waals surface area contributed by atoms with Crippen LogP contribution in [-0.4, -0.2) is 42.3 Å². The van der Waals surface area contributed by atoms with Gasteiger partial charge in [-0.2, -0.15) is 0 Å². The Morgan fingerprint density at radius 1 is 1.12 bits per heavy atom. The van der Waals surface area contributed by atoms with Gasteiger partial charge in [-0.3, -0.25) is 4.79 Å². The third kappa shape index (κ3) is 4.71. The van der Waals surface area contributed by atoms with Crippen molar-refractivity contribution in [3.05, 3.63) is 59.9 Å². The number of aromatic nitrogens is 2. The van der Waals surface area contributed by atoms with Crippen molar-refractivity contribution < 1.29 is 17.9 Å². The summed E-state index contributed by atoms with van der Waals surface area (Å²) < 4.78 is 33.8. The molecular formula is C24H31N3O4S. The molecule has 2 aromatic carbocycles. The van der Waals surface area contributed by atoms with E-state index >= 15 is 0 Å². The van der Waals surface area contributed by atoms with Crippen molar-refractivity contribution in [1.29, 1.82) is 0 Å². The first-order valence-electron chi connectivity index (χ1n) is 10.8. The number of hydrogen-bond acceptors (Lipinski definition) is 5. The number of rotatable bonds is 9. The predicted molar refractivity (Wildman–Crippen MR) is 125 cm³/mol. The lowest BCUT2D eigenvalue weighted by Crippen LogP contribution is -2.22. The molecule has 2 atom stereocenters. The molecule has 0 bridgehead atoms. The number of imidazole rings is 1. The van der Waals surface area contributed by atoms with Gasteiger partial charge in [0.2, 0.25) is 10.0 Å². The third-order valence-electron chi connectivity index (χ3n) is 5.86. The lowest BCUT2D eigenvalue weighted by atomic mass is 9.86. The molecule has 0 aliphatic heterocycles. The number of sulfonamides is 1. The average molecular weight is 458 g/mol. The minimum atomic E-state index is -3.56. The summed E-state index contributed by atoms with van der Waals surface area (Å²) in [5.74, 6) is 0.0912. The molecule has 1 heterocycles. The smallest absolute Gasteiger partial charge is 0.314 e. The number of fused-ring (bicyclic) bond motifs is 1. The molecule has 3 rings (SSSR count). The average Bonchev–Trinajstić information content (AvgIpc) is 3.14. The monoisotopic (exact) mass is 457 g/mol. The topological polar surface area (TPSA) is 81.5 Å². The Bertz CT molecular complexity index is 1190. The molecule has 0 saturated heterocycles. The summed E-state index contributed by atoms with van der Waals surface area (Å²) in [4.78, 5) is 17.8. The highest BCUT2D eigenvalue weighted by Gasteiger charge is 2.28. The number of benzene rings is 2. The Balaban J connectivity index is 1.88. The van der Waals surface area contributed by atoms with Crippen LogP contribution in [0.3, 0.4) is 0 Å². The molecule has 0 amide bonds. The van der Waals surface area contributed by atoms with Gasteiger partial charge in [-0.15, -0.1) is 0 Å². The maximum atomic E-state index is 13.0. The second kappa shape index (κ2) is 9.83. The Hall–Kier alpha value is -2.71. The molecule has 0 spiro atoms. The second-order valence-corrected chi connectivity index (χ2v) is 10.2. The van der Waals surface area contributed by atoms with Crippen molar-refractivity contribution in [2.45, 2.75) is 51.2 Å². The lowest BCUT2D eigenvalue weighted by Gasteiger charge is -2.22. The standard InChI is InChI=1S/C24H31N3O4S/c1-6-17(3)23(18-11-9-8-10-12-18)24(28)31-16-22-25-20-15-19(32(29,30)26(4)5)13-14-21(20)27(22)7-2/h8-15,17,23H,6-7,16H2,1-5H3. The third-order valence-corrected chi connectivity index (χ3v) is 7.67. The van der Waals surface area contributed by atoms with Crippen LogP contribution in [0.2, 0.25) is 0 Å². The van der Waals surface area contributed by atoms with Crippen molar-refractivity contribution in [1.82, 2.24) is 13.9 Å². The van der Waals surface area contributed by atoms with Crippen LogP contribution in [0.15, 0.2) is 53.4 Å². The van der Waals surface area contributed by atoms with E-state index in [4.69, 9.17) is 4.74 Å². The molecule has 0 fully saturated rings. The van der Waals surface area contributed by atoms with Crippen LogP contribution in [-0.2, 0) is 32.7 Å². The summed E-state index contributed by atoms with van der Waals surface area (Å²) in [5.41, 5.74) is 2.30. The van der Waals surface area contributed by atoms with Crippen LogP contribution in [0, 0.1) is 5.92 Å². The van der Waals surface area contributed by atoms with Crippen molar-refractivity contribution in [2.24, 2.45) is 5.92 Å². The fourth-order valence-corrected chi connectivity index (χ4v) is 4.73. The molecule has 7 nitrogen and oxygen atoms in total. The quantitative estimate of drug-likeness (QED) is 0.450. The van der Waals surface area contributed by atoms with E-state index in [1.54, 1.807) is 18.2 Å². The van der Waals surface area contributed by atoms with Crippen LogP contribution in [0.25, 0.3) is 11.0 Å². The fraction of sp³-hybridized carbons (Fsp3) is 0.417. The molecule has 0 aliphatic rings. The number of nitrogens with zero attached hydrogens (tertiary/aromatic N) is 3. The molecule has 172 valence electrons. The summed E-state index contributed by atoms with van der Waals surface area (Å²) in [6, 6.07) is 14.6. The molecule has 8 heteroatoms. The van der Waals surface area contributed by atoms with E-state index in [-0.39, 0.29) is 29.3 Å². The Kier molecular flexibility index (Phi) is 7.36. The molecule has 0 N–H and O–H groups in total. The van der Waals surface area contributed by atoms with Crippen molar-refractivity contribution in [3.63, 3.8) is 0 Å². The number of esters is 1. The van der Waals surface area contributed by atoms with Crippen LogP contribution in [0.5, 0.6) is 0 Å². The first-order valence-corrected chi connectivity index (χ1v) is 12.3. The first-order chi connectivity index (χ1) is 15.2. The fourth-order valence-electron chi connectivity index (χ4n) is 3.81. The van der Waals surface area contributed by atoms with Gasteiger partial charge in [0.15, 0.2) is 0 Å². The summed E-state index contributed by atoms with van der Waals surface area (Å²) >= 11 is 0. The maximum Gasteiger partial charge on any atom is 0.314 e. The molecule has 1 aromatic heterocycles. The van der Waals surface area contributed by atoms with Gasteiger partial charge >= 0.3 is 5.97 Å². The van der Waals surface area contributed by atoms with Gasteiger partial charge in [-0.25, -0.2) is 17.7 Å². The van der Waals surface area contributed by atoms with E-state index in [1.807, 2.05) is 48.7 Å². The van der Waals surface area contributed by atoms with Gasteiger partial charge < -0.3 is 9.30 Å². The van der Waals surface area contributed by atoms with E-state index in [0.717, 1.165) is 17.5 Å². The highest BCUT2D eigenvalue weighted by molar-refractivity contribution is 7.89. The van der Waals surface area contributed by atoms with E-state index in [9.17, 15) is 13.2 Å². The normalized spacial score (nSPS) is 13.9. The SMILES string of the molecule is CCC(C)C(C(=O)OCc1nc2cc(S(=O)(=O)N(C)C)ccc2n1CC)c1ccccc1. The molecule has 32 heavy (non-hydrogen) atoms. The van der Waals surface area contributed by atoms with E-state index in [2.05, 4.69) is 11.9 Å².